The summed E-state index contributed by atoms with van der Waals surface area (Å²) in [6, 6.07) is 16.1. The van der Waals surface area contributed by atoms with Crippen molar-refractivity contribution in [2.45, 2.75) is 6.92 Å². The van der Waals surface area contributed by atoms with E-state index < -0.39 is 17.8 Å². The summed E-state index contributed by atoms with van der Waals surface area (Å²) in [5.41, 5.74) is 0.518. The van der Waals surface area contributed by atoms with Gasteiger partial charge in [-0.3, -0.25) is 19.8 Å². The summed E-state index contributed by atoms with van der Waals surface area (Å²) in [6.45, 7) is 2.29. The Balaban J connectivity index is 1.68. The SMILES string of the molecule is CCOc1cccc(N2C(=O)/C(=C\c3ccc(-c4ccccc4C(=O)[O-])o3)C(=O)NC2=S)c1. The minimum absolute atomic E-state index is 0.0387. The van der Waals surface area contributed by atoms with Gasteiger partial charge in [-0.1, -0.05) is 30.3 Å². The average Bonchev–Trinajstić information content (AvgIpc) is 3.25. The maximum Gasteiger partial charge on any atom is 0.270 e. The fourth-order valence-corrected chi connectivity index (χ4v) is 3.65. The molecular formula is C24H17N2O6S-. The highest BCUT2D eigenvalue weighted by Crippen LogP contribution is 2.29. The van der Waals surface area contributed by atoms with Crippen LogP contribution in [-0.2, 0) is 9.59 Å². The highest BCUT2D eigenvalue weighted by atomic mass is 32.1. The molecule has 166 valence electrons. The Morgan fingerprint density at radius 2 is 1.94 bits per heavy atom. The van der Waals surface area contributed by atoms with Gasteiger partial charge in [-0.2, -0.15) is 0 Å². The number of carbonyl (C=O) groups is 3. The first-order valence-corrected chi connectivity index (χ1v) is 10.3. The Bertz CT molecular complexity index is 1310. The zero-order valence-corrected chi connectivity index (χ0v) is 18.2. The molecule has 9 heteroatoms. The number of rotatable bonds is 6. The number of aromatic carboxylic acids is 1. The minimum Gasteiger partial charge on any atom is -0.545 e. The Kier molecular flexibility index (Phi) is 6.05. The van der Waals surface area contributed by atoms with Crippen LogP contribution in [0.5, 0.6) is 5.75 Å². The van der Waals surface area contributed by atoms with Gasteiger partial charge in [0.25, 0.3) is 11.8 Å². The van der Waals surface area contributed by atoms with Gasteiger partial charge in [0.15, 0.2) is 5.11 Å². The van der Waals surface area contributed by atoms with Crippen molar-refractivity contribution in [3.63, 3.8) is 0 Å². The number of thiocarbonyl (C=S) groups is 1. The molecule has 0 bridgehead atoms. The molecule has 1 N–H and O–H groups in total. The van der Waals surface area contributed by atoms with Crippen LogP contribution < -0.4 is 20.1 Å². The zero-order valence-electron chi connectivity index (χ0n) is 17.4. The molecular weight excluding hydrogens is 444 g/mol. The van der Waals surface area contributed by atoms with E-state index in [1.807, 2.05) is 6.92 Å². The molecule has 1 aliphatic rings. The Labute approximate surface area is 194 Å². The predicted molar refractivity (Wildman–Crippen MR) is 122 cm³/mol. The molecule has 2 aromatic carbocycles. The van der Waals surface area contributed by atoms with Crippen LogP contribution in [0.4, 0.5) is 5.69 Å². The Hall–Kier alpha value is -4.24. The molecule has 2 amide bonds. The molecule has 1 saturated heterocycles. The van der Waals surface area contributed by atoms with Gasteiger partial charge in [0, 0.05) is 17.2 Å². The summed E-state index contributed by atoms with van der Waals surface area (Å²) in [7, 11) is 0. The van der Waals surface area contributed by atoms with Crippen molar-refractivity contribution in [3.05, 3.63) is 77.6 Å². The molecule has 0 aliphatic carbocycles. The van der Waals surface area contributed by atoms with Crippen LogP contribution in [0.2, 0.25) is 0 Å². The van der Waals surface area contributed by atoms with E-state index in [2.05, 4.69) is 5.32 Å². The highest BCUT2D eigenvalue weighted by Gasteiger charge is 2.35. The number of ether oxygens (including phenoxy) is 1. The van der Waals surface area contributed by atoms with Gasteiger partial charge >= 0.3 is 0 Å². The molecule has 2 heterocycles. The number of nitrogens with zero attached hydrogens (tertiary/aromatic N) is 1. The molecule has 0 atom stereocenters. The lowest BCUT2D eigenvalue weighted by Crippen LogP contribution is -2.54. The second kappa shape index (κ2) is 9.09. The molecule has 0 saturated carbocycles. The van der Waals surface area contributed by atoms with Crippen LogP contribution in [0.3, 0.4) is 0 Å². The van der Waals surface area contributed by atoms with Gasteiger partial charge in [0.05, 0.1) is 18.3 Å². The molecule has 8 nitrogen and oxygen atoms in total. The number of hydrogen-bond donors (Lipinski definition) is 1. The normalized spacial score (nSPS) is 15.0. The van der Waals surface area contributed by atoms with E-state index in [-0.39, 0.29) is 27.8 Å². The number of amides is 2. The smallest absolute Gasteiger partial charge is 0.270 e. The number of carbonyl (C=O) groups excluding carboxylic acids is 3. The second-order valence-corrected chi connectivity index (χ2v) is 7.31. The van der Waals surface area contributed by atoms with Crippen molar-refractivity contribution in [2.75, 3.05) is 11.5 Å². The van der Waals surface area contributed by atoms with E-state index >= 15 is 0 Å². The summed E-state index contributed by atoms with van der Waals surface area (Å²) >= 11 is 5.22. The van der Waals surface area contributed by atoms with Crippen molar-refractivity contribution in [2.24, 2.45) is 0 Å². The van der Waals surface area contributed by atoms with Crippen molar-refractivity contribution < 1.29 is 28.6 Å². The first-order chi connectivity index (χ1) is 15.9. The molecule has 0 unspecified atom stereocenters. The van der Waals surface area contributed by atoms with Crippen molar-refractivity contribution >= 4 is 46.9 Å². The summed E-state index contributed by atoms with van der Waals surface area (Å²) in [5, 5.41) is 13.8. The van der Waals surface area contributed by atoms with Crippen LogP contribution in [0.15, 0.2) is 70.7 Å². The van der Waals surface area contributed by atoms with Crippen LogP contribution in [0.1, 0.15) is 23.0 Å². The molecule has 4 rings (SSSR count). The summed E-state index contributed by atoms with van der Waals surface area (Å²) < 4.78 is 11.2. The van der Waals surface area contributed by atoms with Gasteiger partial charge in [0.1, 0.15) is 22.8 Å². The molecule has 1 aliphatic heterocycles. The first-order valence-electron chi connectivity index (χ1n) is 9.94. The van der Waals surface area contributed by atoms with Gasteiger partial charge in [-0.05, 0) is 49.5 Å². The van der Waals surface area contributed by atoms with Crippen LogP contribution >= 0.6 is 12.2 Å². The topological polar surface area (TPSA) is 112 Å². The predicted octanol–water partition coefficient (Wildman–Crippen LogP) is 2.54. The van der Waals surface area contributed by atoms with E-state index in [9.17, 15) is 19.5 Å². The lowest BCUT2D eigenvalue weighted by molar-refractivity contribution is -0.255. The monoisotopic (exact) mass is 461 g/mol. The minimum atomic E-state index is -1.35. The summed E-state index contributed by atoms with van der Waals surface area (Å²) in [6.07, 6.45) is 1.28. The van der Waals surface area contributed by atoms with Crippen molar-refractivity contribution in [1.82, 2.24) is 5.32 Å². The largest absolute Gasteiger partial charge is 0.545 e. The van der Waals surface area contributed by atoms with Gasteiger partial charge in [-0.15, -0.1) is 0 Å². The van der Waals surface area contributed by atoms with E-state index in [1.54, 1.807) is 48.5 Å². The lowest BCUT2D eigenvalue weighted by Gasteiger charge is -2.29. The Morgan fingerprint density at radius 1 is 1.15 bits per heavy atom. The maximum absolute atomic E-state index is 13.2. The van der Waals surface area contributed by atoms with E-state index in [4.69, 9.17) is 21.4 Å². The van der Waals surface area contributed by atoms with Crippen LogP contribution in [0.25, 0.3) is 17.4 Å². The van der Waals surface area contributed by atoms with Crippen LogP contribution in [-0.4, -0.2) is 29.5 Å². The van der Waals surface area contributed by atoms with E-state index in [0.29, 0.717) is 23.6 Å². The zero-order chi connectivity index (χ0) is 23.5. The number of nitrogens with one attached hydrogen (secondary N) is 1. The third-order valence-electron chi connectivity index (χ3n) is 4.81. The van der Waals surface area contributed by atoms with Crippen molar-refractivity contribution in [1.29, 1.82) is 0 Å². The van der Waals surface area contributed by atoms with Gasteiger partial charge < -0.3 is 19.1 Å². The fraction of sp³-hybridized carbons (Fsp3) is 0.0833. The number of carboxylic acid groups (broad SMARTS) is 1. The fourth-order valence-electron chi connectivity index (χ4n) is 3.36. The van der Waals surface area contributed by atoms with E-state index in [1.165, 1.54) is 23.1 Å². The van der Waals surface area contributed by atoms with E-state index in [0.717, 1.165) is 0 Å². The van der Waals surface area contributed by atoms with Gasteiger partial charge in [-0.25, -0.2) is 0 Å². The molecule has 3 aromatic rings. The molecule has 1 aromatic heterocycles. The molecule has 33 heavy (non-hydrogen) atoms. The lowest BCUT2D eigenvalue weighted by atomic mass is 10.1. The summed E-state index contributed by atoms with van der Waals surface area (Å²) in [4.78, 5) is 38.3. The first kappa shape index (κ1) is 22.0. The number of furan rings is 1. The third-order valence-corrected chi connectivity index (χ3v) is 5.10. The third kappa shape index (κ3) is 4.39. The second-order valence-electron chi connectivity index (χ2n) is 6.92. The maximum atomic E-state index is 13.2. The number of hydrogen-bond acceptors (Lipinski definition) is 7. The molecule has 1 fully saturated rings. The highest BCUT2D eigenvalue weighted by molar-refractivity contribution is 7.80. The molecule has 0 radical (unpaired) electrons. The summed E-state index contributed by atoms with van der Waals surface area (Å²) in [5.74, 6) is -1.66. The molecule has 0 spiro atoms. The number of carboxylic acids is 1. The number of anilines is 1. The van der Waals surface area contributed by atoms with Crippen LogP contribution in [0, 0.1) is 0 Å². The van der Waals surface area contributed by atoms with Crippen molar-refractivity contribution in [3.8, 4) is 17.1 Å². The average molecular weight is 461 g/mol. The quantitative estimate of drug-likeness (QED) is 0.341. The van der Waals surface area contributed by atoms with Gasteiger partial charge in [0.2, 0.25) is 0 Å². The number of benzene rings is 2. The standard InChI is InChI=1S/C24H18N2O6S/c1-2-31-15-7-5-6-14(12-15)26-22(28)19(21(27)25-24(26)33)13-16-10-11-20(32-16)17-8-3-4-9-18(17)23(29)30/h3-13H,2H2,1H3,(H,29,30)(H,25,27,33)/p-1/b19-13-. The Morgan fingerprint density at radius 3 is 2.70 bits per heavy atom.